The van der Waals surface area contributed by atoms with Crippen molar-refractivity contribution in [1.82, 2.24) is 29.6 Å². The van der Waals surface area contributed by atoms with E-state index in [-0.39, 0.29) is 17.9 Å². The van der Waals surface area contributed by atoms with Crippen molar-refractivity contribution in [2.75, 3.05) is 25.5 Å². The van der Waals surface area contributed by atoms with Crippen LogP contribution in [0.4, 0.5) is 15.1 Å². The number of hydrogen-bond donors (Lipinski definition) is 2. The smallest absolute Gasteiger partial charge is 0.317 e. The van der Waals surface area contributed by atoms with Gasteiger partial charge in [0.15, 0.2) is 0 Å². The summed E-state index contributed by atoms with van der Waals surface area (Å²) in [5.41, 5.74) is 2.77. The van der Waals surface area contributed by atoms with Gasteiger partial charge in [-0.1, -0.05) is 6.92 Å². The van der Waals surface area contributed by atoms with Crippen LogP contribution in [0.1, 0.15) is 26.7 Å². The predicted octanol–water partition coefficient (Wildman–Crippen LogP) is 4.43. The normalized spacial score (nSPS) is 12.0. The van der Waals surface area contributed by atoms with E-state index in [4.69, 9.17) is 9.40 Å². The zero-order valence-electron chi connectivity index (χ0n) is 19.5. The fourth-order valence-electron chi connectivity index (χ4n) is 3.70. The zero-order chi connectivity index (χ0) is 24.1. The Hall–Kier alpha value is -3.95. The molecule has 0 aliphatic carbocycles. The van der Waals surface area contributed by atoms with Crippen LogP contribution in [0, 0.1) is 5.82 Å². The average molecular weight is 466 g/mol. The highest BCUT2D eigenvalue weighted by molar-refractivity contribution is 5.79. The van der Waals surface area contributed by atoms with Gasteiger partial charge in [0.25, 0.3) is 0 Å². The van der Waals surface area contributed by atoms with Crippen LogP contribution in [-0.2, 0) is 0 Å². The minimum absolute atomic E-state index is 0.0862. The minimum Gasteiger partial charge on any atom is -0.432 e. The average Bonchev–Trinajstić information content (AvgIpc) is 3.44. The van der Waals surface area contributed by atoms with Gasteiger partial charge in [-0.2, -0.15) is 4.98 Å². The van der Waals surface area contributed by atoms with Crippen LogP contribution in [-0.4, -0.2) is 56.5 Å². The van der Waals surface area contributed by atoms with Gasteiger partial charge >= 0.3 is 11.9 Å². The van der Waals surface area contributed by atoms with E-state index in [0.29, 0.717) is 36.3 Å². The van der Waals surface area contributed by atoms with Gasteiger partial charge in [-0.25, -0.2) is 19.2 Å². The van der Waals surface area contributed by atoms with Crippen molar-refractivity contribution in [3.8, 4) is 22.6 Å². The molecule has 0 spiro atoms. The van der Waals surface area contributed by atoms with Crippen molar-refractivity contribution < 1.29 is 13.6 Å². The molecule has 0 radical (unpaired) electrons. The largest absolute Gasteiger partial charge is 0.432 e. The van der Waals surface area contributed by atoms with Gasteiger partial charge < -0.3 is 20.0 Å². The third kappa shape index (κ3) is 5.00. The molecule has 34 heavy (non-hydrogen) atoms. The summed E-state index contributed by atoms with van der Waals surface area (Å²) in [6, 6.07) is 7.96. The molecular weight excluding hydrogens is 437 g/mol. The third-order valence-electron chi connectivity index (χ3n) is 5.59. The lowest BCUT2D eigenvalue weighted by Crippen LogP contribution is -2.39. The number of halogens is 1. The number of benzene rings is 1. The molecule has 9 nitrogen and oxygen atoms in total. The molecule has 1 unspecified atom stereocenters. The monoisotopic (exact) mass is 465 g/mol. The molecular formula is C24H28FN7O2. The highest BCUT2D eigenvalue weighted by Crippen LogP contribution is 2.32. The summed E-state index contributed by atoms with van der Waals surface area (Å²) < 4.78 is 20.8. The first-order chi connectivity index (χ1) is 16.5. The van der Waals surface area contributed by atoms with Crippen molar-refractivity contribution in [1.29, 1.82) is 0 Å². The fourth-order valence-corrected chi connectivity index (χ4v) is 3.70. The Balaban J connectivity index is 1.58. The van der Waals surface area contributed by atoms with Crippen LogP contribution in [0.3, 0.4) is 0 Å². The van der Waals surface area contributed by atoms with E-state index in [0.717, 1.165) is 24.1 Å². The number of urea groups is 1. The molecule has 10 heteroatoms. The summed E-state index contributed by atoms with van der Waals surface area (Å²) in [7, 11) is 1.78. The number of nitrogens with one attached hydrogen (secondary N) is 2. The standard InChI is InChI=1S/C24H28FN7O2/c1-4-18(11-13-31(3)23(33)26-5-2)28-22-27-12-10-19(29-22)21-20(16-6-8-17(25)9-7-16)30-24-32(21)14-15-34-24/h6-10,12,14-15,18H,4-5,11,13H2,1-3H3,(H,26,33)(H,27,28,29). The predicted molar refractivity (Wildman–Crippen MR) is 128 cm³/mol. The Morgan fingerprint density at radius 1 is 1.21 bits per heavy atom. The van der Waals surface area contributed by atoms with Gasteiger partial charge in [0.2, 0.25) is 5.95 Å². The van der Waals surface area contributed by atoms with Crippen LogP contribution in [0.15, 0.2) is 53.4 Å². The van der Waals surface area contributed by atoms with Gasteiger partial charge in [-0.15, -0.1) is 0 Å². The third-order valence-corrected chi connectivity index (χ3v) is 5.59. The Labute approximate surface area is 197 Å². The number of carbonyl (C=O) groups is 1. The summed E-state index contributed by atoms with van der Waals surface area (Å²) in [5.74, 6) is 0.584. The van der Waals surface area contributed by atoms with E-state index < -0.39 is 0 Å². The van der Waals surface area contributed by atoms with Crippen LogP contribution >= 0.6 is 0 Å². The minimum atomic E-state index is -0.315. The van der Waals surface area contributed by atoms with Gasteiger partial charge in [0, 0.05) is 44.1 Å². The van der Waals surface area contributed by atoms with E-state index in [9.17, 15) is 9.18 Å². The fraction of sp³-hybridized carbons (Fsp3) is 0.333. The van der Waals surface area contributed by atoms with E-state index in [1.165, 1.54) is 12.1 Å². The molecule has 2 N–H and O–H groups in total. The molecule has 0 bridgehead atoms. The van der Waals surface area contributed by atoms with E-state index in [2.05, 4.69) is 27.5 Å². The zero-order valence-corrected chi connectivity index (χ0v) is 19.5. The maximum atomic E-state index is 13.5. The molecule has 1 aromatic carbocycles. The molecule has 0 aliphatic rings. The molecule has 4 rings (SSSR count). The first kappa shape index (κ1) is 23.2. The number of nitrogens with zero attached hydrogens (tertiary/aromatic N) is 5. The number of amides is 2. The Morgan fingerprint density at radius 3 is 2.74 bits per heavy atom. The topological polar surface area (TPSA) is 101 Å². The second kappa shape index (κ2) is 10.3. The number of rotatable bonds is 9. The summed E-state index contributed by atoms with van der Waals surface area (Å²) >= 11 is 0. The molecule has 0 saturated carbocycles. The highest BCUT2D eigenvalue weighted by Gasteiger charge is 2.20. The molecule has 0 fully saturated rings. The number of anilines is 1. The summed E-state index contributed by atoms with van der Waals surface area (Å²) in [4.78, 5) is 27.3. The second-order valence-corrected chi connectivity index (χ2v) is 7.93. The number of carbonyl (C=O) groups excluding carboxylic acids is 1. The summed E-state index contributed by atoms with van der Waals surface area (Å²) in [6.45, 7) is 5.17. The lowest BCUT2D eigenvalue weighted by Gasteiger charge is -2.22. The quantitative estimate of drug-likeness (QED) is 0.379. The van der Waals surface area contributed by atoms with Crippen molar-refractivity contribution >= 4 is 17.8 Å². The van der Waals surface area contributed by atoms with E-state index in [1.807, 2.05) is 11.3 Å². The molecule has 3 aromatic heterocycles. The Kier molecular flexibility index (Phi) is 7.05. The molecule has 4 aromatic rings. The molecule has 1 atom stereocenters. The Morgan fingerprint density at radius 2 is 2.00 bits per heavy atom. The number of hydrogen-bond acceptors (Lipinski definition) is 6. The van der Waals surface area contributed by atoms with Crippen LogP contribution in [0.5, 0.6) is 0 Å². The van der Waals surface area contributed by atoms with Crippen molar-refractivity contribution in [3.05, 3.63) is 54.8 Å². The van der Waals surface area contributed by atoms with Crippen LogP contribution in [0.2, 0.25) is 0 Å². The molecule has 3 heterocycles. The number of oxazole rings is 1. The second-order valence-electron chi connectivity index (χ2n) is 7.93. The van der Waals surface area contributed by atoms with Gasteiger partial charge in [0.1, 0.15) is 23.5 Å². The first-order valence-corrected chi connectivity index (χ1v) is 11.3. The number of aromatic nitrogens is 4. The maximum Gasteiger partial charge on any atom is 0.317 e. The van der Waals surface area contributed by atoms with Crippen molar-refractivity contribution in [2.45, 2.75) is 32.7 Å². The molecule has 178 valence electrons. The lowest BCUT2D eigenvalue weighted by molar-refractivity contribution is 0.208. The van der Waals surface area contributed by atoms with Gasteiger partial charge in [0.05, 0.1) is 5.69 Å². The molecule has 0 aliphatic heterocycles. The van der Waals surface area contributed by atoms with Crippen LogP contribution < -0.4 is 10.6 Å². The van der Waals surface area contributed by atoms with Gasteiger partial charge in [-0.05, 0) is 50.1 Å². The summed E-state index contributed by atoms with van der Waals surface area (Å²) in [6.07, 6.45) is 6.60. The first-order valence-electron chi connectivity index (χ1n) is 11.3. The maximum absolute atomic E-state index is 13.5. The van der Waals surface area contributed by atoms with Gasteiger partial charge in [-0.3, -0.25) is 4.40 Å². The van der Waals surface area contributed by atoms with E-state index in [1.54, 1.807) is 48.8 Å². The van der Waals surface area contributed by atoms with Crippen molar-refractivity contribution in [2.24, 2.45) is 0 Å². The Bertz CT molecular complexity index is 1250. The highest BCUT2D eigenvalue weighted by atomic mass is 19.1. The molecule has 0 saturated heterocycles. The number of imidazole rings is 1. The molecule has 2 amide bonds. The van der Waals surface area contributed by atoms with E-state index >= 15 is 0 Å². The summed E-state index contributed by atoms with van der Waals surface area (Å²) in [5, 5.41) is 6.18. The number of fused-ring (bicyclic) bond motifs is 1. The lowest BCUT2D eigenvalue weighted by atomic mass is 10.1. The SMILES string of the molecule is CCNC(=O)N(C)CCC(CC)Nc1nccc(-c2c(-c3ccc(F)cc3)nc3occn23)n1. The van der Waals surface area contributed by atoms with Crippen LogP contribution in [0.25, 0.3) is 28.5 Å². The van der Waals surface area contributed by atoms with Crippen molar-refractivity contribution in [3.63, 3.8) is 0 Å².